The smallest absolute Gasteiger partial charge is 0.265 e. The summed E-state index contributed by atoms with van der Waals surface area (Å²) >= 11 is 3.01. The van der Waals surface area contributed by atoms with Crippen molar-refractivity contribution in [2.75, 3.05) is 5.32 Å². The number of hydrogen-bond acceptors (Lipinski definition) is 6. The van der Waals surface area contributed by atoms with Crippen molar-refractivity contribution in [3.8, 4) is 10.8 Å². The van der Waals surface area contributed by atoms with E-state index in [2.05, 4.69) is 15.5 Å². The van der Waals surface area contributed by atoms with Crippen LogP contribution in [0.5, 0.6) is 0 Å². The van der Waals surface area contributed by atoms with E-state index in [1.54, 1.807) is 0 Å². The molecule has 0 radical (unpaired) electrons. The molecule has 1 amide bonds. The van der Waals surface area contributed by atoms with Gasteiger partial charge < -0.3 is 9.73 Å². The summed E-state index contributed by atoms with van der Waals surface area (Å²) in [5.41, 5.74) is 0.783. The molecule has 5 nitrogen and oxygen atoms in total. The highest BCUT2D eigenvalue weighted by Gasteiger charge is 2.17. The van der Waals surface area contributed by atoms with Gasteiger partial charge in [-0.1, -0.05) is 13.8 Å². The molecule has 0 unspecified atom stereocenters. The number of aryl methyl sites for hydroxylation is 2. The Labute approximate surface area is 142 Å². The van der Waals surface area contributed by atoms with Crippen LogP contribution in [-0.4, -0.2) is 16.1 Å². The van der Waals surface area contributed by atoms with Crippen LogP contribution in [0.25, 0.3) is 10.8 Å². The first-order valence-electron chi connectivity index (χ1n) is 7.26. The predicted octanol–water partition coefficient (Wildman–Crippen LogP) is 4.85. The van der Waals surface area contributed by atoms with Crippen molar-refractivity contribution in [3.05, 3.63) is 38.7 Å². The molecule has 0 atom stereocenters. The summed E-state index contributed by atoms with van der Waals surface area (Å²) in [4.78, 5) is 16.0. The molecule has 3 aromatic rings. The topological polar surface area (TPSA) is 68.0 Å². The number of carbonyl (C=O) groups is 1. The largest absolute Gasteiger partial charge is 0.420 e. The highest BCUT2D eigenvalue weighted by atomic mass is 32.1. The monoisotopic (exact) mass is 347 g/mol. The zero-order chi connectivity index (χ0) is 16.6. The third-order valence-corrected chi connectivity index (χ3v) is 5.31. The summed E-state index contributed by atoms with van der Waals surface area (Å²) in [5, 5.41) is 11.1. The van der Waals surface area contributed by atoms with E-state index in [1.807, 2.05) is 45.9 Å². The zero-order valence-corrected chi connectivity index (χ0v) is 15.0. The van der Waals surface area contributed by atoms with Gasteiger partial charge in [-0.05, 0) is 32.0 Å². The van der Waals surface area contributed by atoms with Crippen molar-refractivity contribution >= 4 is 34.3 Å². The molecule has 0 spiro atoms. The Bertz CT molecular complexity index is 845. The van der Waals surface area contributed by atoms with Gasteiger partial charge >= 0.3 is 0 Å². The third-order valence-electron chi connectivity index (χ3n) is 3.28. The molecular formula is C16H17N3O2S2. The summed E-state index contributed by atoms with van der Waals surface area (Å²) < 4.78 is 5.67. The lowest BCUT2D eigenvalue weighted by Gasteiger charge is -2.01. The first-order chi connectivity index (χ1) is 10.9. The SMILES string of the molecule is Cc1ccc(C(=O)Nc2cc(-c3nnc(C(C)C)o3)sc2C)s1. The number of amides is 1. The summed E-state index contributed by atoms with van der Waals surface area (Å²) in [5.74, 6) is 1.21. The Kier molecular flexibility index (Phi) is 4.32. The number of nitrogens with zero attached hydrogens (tertiary/aromatic N) is 2. The van der Waals surface area contributed by atoms with Gasteiger partial charge in [-0.25, -0.2) is 0 Å². The minimum atomic E-state index is -0.0936. The average Bonchev–Trinajstić information content (AvgIpc) is 3.19. The molecule has 0 bridgehead atoms. The summed E-state index contributed by atoms with van der Waals surface area (Å²) in [6.45, 7) is 7.96. The van der Waals surface area contributed by atoms with Gasteiger partial charge in [0.15, 0.2) is 0 Å². The molecule has 3 heterocycles. The maximum absolute atomic E-state index is 12.3. The van der Waals surface area contributed by atoms with Crippen LogP contribution < -0.4 is 5.32 Å². The van der Waals surface area contributed by atoms with Crippen molar-refractivity contribution in [3.63, 3.8) is 0 Å². The maximum Gasteiger partial charge on any atom is 0.265 e. The van der Waals surface area contributed by atoms with Crippen molar-refractivity contribution < 1.29 is 9.21 Å². The number of thiophene rings is 2. The van der Waals surface area contributed by atoms with Crippen LogP contribution >= 0.6 is 22.7 Å². The fraction of sp³-hybridized carbons (Fsp3) is 0.312. The van der Waals surface area contributed by atoms with Gasteiger partial charge in [0.2, 0.25) is 5.89 Å². The predicted molar refractivity (Wildman–Crippen MR) is 93.4 cm³/mol. The second-order valence-corrected chi connectivity index (χ2v) is 8.09. The standard InChI is InChI=1S/C16H17N3O2S2/c1-8(2)15-18-19-16(21-15)13-7-11(10(4)23-13)17-14(20)12-6-5-9(3)22-12/h5-8H,1-4H3,(H,17,20). The third kappa shape index (κ3) is 3.35. The zero-order valence-electron chi connectivity index (χ0n) is 13.3. The minimum Gasteiger partial charge on any atom is -0.420 e. The number of nitrogens with one attached hydrogen (secondary N) is 1. The average molecular weight is 347 g/mol. The van der Waals surface area contributed by atoms with Crippen LogP contribution in [0.4, 0.5) is 5.69 Å². The Morgan fingerprint density at radius 1 is 1.22 bits per heavy atom. The van der Waals surface area contributed by atoms with E-state index in [0.29, 0.717) is 16.7 Å². The van der Waals surface area contributed by atoms with Crippen molar-refractivity contribution in [2.24, 2.45) is 0 Å². The Balaban J connectivity index is 1.81. The van der Waals surface area contributed by atoms with E-state index >= 15 is 0 Å². The first-order valence-corrected chi connectivity index (χ1v) is 8.89. The van der Waals surface area contributed by atoms with E-state index in [9.17, 15) is 4.79 Å². The molecule has 1 N–H and O–H groups in total. The molecule has 3 rings (SSSR count). The molecule has 0 saturated heterocycles. The summed E-state index contributed by atoms with van der Waals surface area (Å²) in [6.07, 6.45) is 0. The molecule has 0 aliphatic heterocycles. The number of rotatable bonds is 4. The van der Waals surface area contributed by atoms with Crippen LogP contribution in [-0.2, 0) is 0 Å². The van der Waals surface area contributed by atoms with E-state index in [0.717, 1.165) is 20.3 Å². The lowest BCUT2D eigenvalue weighted by Crippen LogP contribution is -2.09. The minimum absolute atomic E-state index is 0.0936. The summed E-state index contributed by atoms with van der Waals surface area (Å²) in [7, 11) is 0. The Morgan fingerprint density at radius 3 is 2.61 bits per heavy atom. The van der Waals surface area contributed by atoms with Crippen molar-refractivity contribution in [1.29, 1.82) is 0 Å². The highest BCUT2D eigenvalue weighted by Crippen LogP contribution is 2.34. The second-order valence-electron chi connectivity index (χ2n) is 5.55. The number of aromatic nitrogens is 2. The molecule has 3 aromatic heterocycles. The van der Waals surface area contributed by atoms with Gasteiger partial charge in [0, 0.05) is 15.7 Å². The second kappa shape index (κ2) is 6.25. The molecule has 0 saturated carbocycles. The van der Waals surface area contributed by atoms with E-state index in [4.69, 9.17) is 4.42 Å². The molecule has 0 aliphatic rings. The van der Waals surface area contributed by atoms with Gasteiger partial charge in [0.1, 0.15) is 0 Å². The van der Waals surface area contributed by atoms with Crippen LogP contribution in [0.15, 0.2) is 22.6 Å². The molecule has 0 fully saturated rings. The van der Waals surface area contributed by atoms with E-state index in [1.165, 1.54) is 22.7 Å². The van der Waals surface area contributed by atoms with Crippen LogP contribution in [0.2, 0.25) is 0 Å². The van der Waals surface area contributed by atoms with Crippen LogP contribution in [0.3, 0.4) is 0 Å². The molecule has 23 heavy (non-hydrogen) atoms. The fourth-order valence-corrected chi connectivity index (χ4v) is 3.68. The quantitative estimate of drug-likeness (QED) is 0.732. The number of carbonyl (C=O) groups excluding carboxylic acids is 1. The fourth-order valence-electron chi connectivity index (χ4n) is 2.02. The van der Waals surface area contributed by atoms with Gasteiger partial charge in [-0.15, -0.1) is 32.9 Å². The van der Waals surface area contributed by atoms with Crippen LogP contribution in [0.1, 0.15) is 45.1 Å². The maximum atomic E-state index is 12.3. The van der Waals surface area contributed by atoms with Gasteiger partial charge in [-0.3, -0.25) is 4.79 Å². The Morgan fingerprint density at radius 2 is 2.00 bits per heavy atom. The van der Waals surface area contributed by atoms with Crippen LogP contribution in [0, 0.1) is 13.8 Å². The lowest BCUT2D eigenvalue weighted by atomic mass is 10.2. The lowest BCUT2D eigenvalue weighted by molar-refractivity contribution is 0.103. The highest BCUT2D eigenvalue weighted by molar-refractivity contribution is 7.16. The number of anilines is 1. The molecule has 0 aliphatic carbocycles. The van der Waals surface area contributed by atoms with Crippen molar-refractivity contribution in [1.82, 2.24) is 10.2 Å². The molecular weight excluding hydrogens is 330 g/mol. The normalized spacial score (nSPS) is 11.2. The summed E-state index contributed by atoms with van der Waals surface area (Å²) in [6, 6.07) is 5.66. The molecule has 7 heteroatoms. The molecule has 0 aromatic carbocycles. The van der Waals surface area contributed by atoms with E-state index in [-0.39, 0.29) is 11.8 Å². The van der Waals surface area contributed by atoms with Gasteiger partial charge in [0.25, 0.3) is 11.8 Å². The van der Waals surface area contributed by atoms with Crippen molar-refractivity contribution in [2.45, 2.75) is 33.6 Å². The Hall–Kier alpha value is -1.99. The molecule has 120 valence electrons. The number of hydrogen-bond donors (Lipinski definition) is 1. The first kappa shape index (κ1) is 15.9. The van der Waals surface area contributed by atoms with Gasteiger partial charge in [-0.2, -0.15) is 0 Å². The van der Waals surface area contributed by atoms with E-state index < -0.39 is 0 Å². The van der Waals surface area contributed by atoms with Gasteiger partial charge in [0.05, 0.1) is 15.4 Å².